The van der Waals surface area contributed by atoms with Gasteiger partial charge in [-0.25, -0.2) is 0 Å². The third-order valence-electron chi connectivity index (χ3n) is 3.58. The molecular formula is C18H20ClNO2. The summed E-state index contributed by atoms with van der Waals surface area (Å²) in [4.78, 5) is 11.9. The first-order valence-corrected chi connectivity index (χ1v) is 7.56. The van der Waals surface area contributed by atoms with Crippen LogP contribution in [0.15, 0.2) is 36.4 Å². The van der Waals surface area contributed by atoms with Gasteiger partial charge >= 0.3 is 0 Å². The summed E-state index contributed by atoms with van der Waals surface area (Å²) in [5.41, 5.74) is 4.28. The van der Waals surface area contributed by atoms with E-state index in [0.717, 1.165) is 22.4 Å². The first kappa shape index (κ1) is 16.4. The lowest BCUT2D eigenvalue weighted by Gasteiger charge is -2.12. The number of benzene rings is 2. The van der Waals surface area contributed by atoms with E-state index in [1.165, 1.54) is 5.56 Å². The second-order valence-corrected chi connectivity index (χ2v) is 5.77. The van der Waals surface area contributed by atoms with Gasteiger partial charge in [-0.1, -0.05) is 35.9 Å². The van der Waals surface area contributed by atoms with E-state index in [4.69, 9.17) is 16.3 Å². The Morgan fingerprint density at radius 1 is 1.09 bits per heavy atom. The highest BCUT2D eigenvalue weighted by Gasteiger charge is 2.07. The molecule has 0 aromatic heterocycles. The summed E-state index contributed by atoms with van der Waals surface area (Å²) in [7, 11) is 0. The van der Waals surface area contributed by atoms with Crippen molar-refractivity contribution in [1.82, 2.24) is 5.32 Å². The fourth-order valence-corrected chi connectivity index (χ4v) is 2.32. The summed E-state index contributed by atoms with van der Waals surface area (Å²) in [5, 5.41) is 3.45. The Morgan fingerprint density at radius 3 is 2.50 bits per heavy atom. The topological polar surface area (TPSA) is 38.3 Å². The summed E-state index contributed by atoms with van der Waals surface area (Å²) in [5.74, 6) is 0.577. The first-order chi connectivity index (χ1) is 10.5. The maximum absolute atomic E-state index is 11.9. The third-order valence-corrected chi connectivity index (χ3v) is 3.95. The molecule has 0 radical (unpaired) electrons. The van der Waals surface area contributed by atoms with E-state index in [1.54, 1.807) is 6.07 Å². The zero-order chi connectivity index (χ0) is 16.1. The lowest BCUT2D eigenvalue weighted by atomic mass is 10.1. The minimum atomic E-state index is -0.169. The molecule has 0 spiro atoms. The van der Waals surface area contributed by atoms with Crippen molar-refractivity contribution in [2.75, 3.05) is 6.61 Å². The summed E-state index contributed by atoms with van der Waals surface area (Å²) in [6.45, 7) is 6.45. The van der Waals surface area contributed by atoms with Gasteiger partial charge in [0, 0.05) is 11.6 Å². The highest BCUT2D eigenvalue weighted by atomic mass is 35.5. The number of hydrogen-bond acceptors (Lipinski definition) is 2. The molecule has 0 fully saturated rings. The normalized spacial score (nSPS) is 10.4. The smallest absolute Gasteiger partial charge is 0.258 e. The van der Waals surface area contributed by atoms with E-state index >= 15 is 0 Å². The van der Waals surface area contributed by atoms with Crippen molar-refractivity contribution in [2.45, 2.75) is 27.3 Å². The van der Waals surface area contributed by atoms with Crippen LogP contribution in [-0.2, 0) is 11.3 Å². The molecule has 0 bridgehead atoms. The molecule has 1 N–H and O–H groups in total. The molecule has 3 nitrogen and oxygen atoms in total. The maximum atomic E-state index is 11.9. The number of carbonyl (C=O) groups is 1. The van der Waals surface area contributed by atoms with Crippen molar-refractivity contribution >= 4 is 17.5 Å². The molecule has 116 valence electrons. The number of amides is 1. The standard InChI is InChI=1S/C18H20ClNO2/c1-12-8-14(3)17(9-13(12)2)22-11-18(21)20-10-15-6-4-5-7-16(15)19/h4-9H,10-11H2,1-3H3,(H,20,21). The lowest BCUT2D eigenvalue weighted by Crippen LogP contribution is -2.28. The zero-order valence-electron chi connectivity index (χ0n) is 13.1. The summed E-state index contributed by atoms with van der Waals surface area (Å²) in [6.07, 6.45) is 0. The SMILES string of the molecule is Cc1cc(C)c(OCC(=O)NCc2ccccc2Cl)cc1C. The van der Waals surface area contributed by atoms with Gasteiger partial charge in [-0.2, -0.15) is 0 Å². The molecular weight excluding hydrogens is 298 g/mol. The van der Waals surface area contributed by atoms with Crippen molar-refractivity contribution < 1.29 is 9.53 Å². The molecule has 2 rings (SSSR count). The van der Waals surface area contributed by atoms with E-state index in [-0.39, 0.29) is 12.5 Å². The van der Waals surface area contributed by atoms with Gasteiger partial charge in [-0.3, -0.25) is 4.79 Å². The molecule has 0 aliphatic carbocycles. The maximum Gasteiger partial charge on any atom is 0.258 e. The molecule has 0 saturated carbocycles. The average molecular weight is 318 g/mol. The van der Waals surface area contributed by atoms with Gasteiger partial charge in [0.15, 0.2) is 6.61 Å². The number of nitrogens with one attached hydrogen (secondary N) is 1. The van der Waals surface area contributed by atoms with Gasteiger partial charge < -0.3 is 10.1 Å². The zero-order valence-corrected chi connectivity index (χ0v) is 13.8. The second kappa shape index (κ2) is 7.32. The molecule has 22 heavy (non-hydrogen) atoms. The van der Waals surface area contributed by atoms with Crippen LogP contribution in [0.2, 0.25) is 5.02 Å². The number of rotatable bonds is 5. The number of ether oxygens (including phenoxy) is 1. The highest BCUT2D eigenvalue weighted by Crippen LogP contribution is 2.22. The minimum Gasteiger partial charge on any atom is -0.483 e. The molecule has 0 aliphatic rings. The fourth-order valence-electron chi connectivity index (χ4n) is 2.12. The Bertz CT molecular complexity index is 683. The molecule has 2 aromatic rings. The van der Waals surface area contributed by atoms with Crippen LogP contribution in [0.5, 0.6) is 5.75 Å². The molecule has 0 aliphatic heterocycles. The monoisotopic (exact) mass is 317 g/mol. The average Bonchev–Trinajstić information content (AvgIpc) is 2.49. The number of aryl methyl sites for hydroxylation is 3. The van der Waals surface area contributed by atoms with Crippen LogP contribution < -0.4 is 10.1 Å². The lowest BCUT2D eigenvalue weighted by molar-refractivity contribution is -0.123. The van der Waals surface area contributed by atoms with Gasteiger partial charge in [0.25, 0.3) is 5.91 Å². The number of hydrogen-bond donors (Lipinski definition) is 1. The third kappa shape index (κ3) is 4.25. The van der Waals surface area contributed by atoms with Crippen LogP contribution >= 0.6 is 11.6 Å². The number of carbonyl (C=O) groups excluding carboxylic acids is 1. The molecule has 0 heterocycles. The Kier molecular flexibility index (Phi) is 5.45. The second-order valence-electron chi connectivity index (χ2n) is 5.36. The molecule has 0 unspecified atom stereocenters. The van der Waals surface area contributed by atoms with Gasteiger partial charge in [-0.15, -0.1) is 0 Å². The van der Waals surface area contributed by atoms with Crippen LogP contribution in [0.25, 0.3) is 0 Å². The fraction of sp³-hybridized carbons (Fsp3) is 0.278. The van der Waals surface area contributed by atoms with E-state index < -0.39 is 0 Å². The van der Waals surface area contributed by atoms with Crippen molar-refractivity contribution in [2.24, 2.45) is 0 Å². The van der Waals surface area contributed by atoms with Crippen LogP contribution in [0, 0.1) is 20.8 Å². The molecule has 0 saturated heterocycles. The minimum absolute atomic E-state index is 0.00616. The predicted octanol–water partition coefficient (Wildman–Crippen LogP) is 3.96. The van der Waals surface area contributed by atoms with Crippen LogP contribution in [0.4, 0.5) is 0 Å². The van der Waals surface area contributed by atoms with E-state index in [1.807, 2.05) is 38.1 Å². The predicted molar refractivity (Wildman–Crippen MR) is 89.4 cm³/mol. The first-order valence-electron chi connectivity index (χ1n) is 7.18. The molecule has 0 atom stereocenters. The van der Waals surface area contributed by atoms with Crippen molar-refractivity contribution in [3.05, 3.63) is 63.7 Å². The van der Waals surface area contributed by atoms with E-state index in [9.17, 15) is 4.79 Å². The summed E-state index contributed by atoms with van der Waals surface area (Å²) >= 11 is 6.05. The van der Waals surface area contributed by atoms with Crippen LogP contribution in [0.3, 0.4) is 0 Å². The summed E-state index contributed by atoms with van der Waals surface area (Å²) < 4.78 is 5.61. The van der Waals surface area contributed by atoms with Crippen molar-refractivity contribution in [3.63, 3.8) is 0 Å². The van der Waals surface area contributed by atoms with Crippen LogP contribution in [0.1, 0.15) is 22.3 Å². The van der Waals surface area contributed by atoms with E-state index in [0.29, 0.717) is 11.6 Å². The quantitative estimate of drug-likeness (QED) is 0.906. The van der Waals surface area contributed by atoms with Gasteiger partial charge in [0.1, 0.15) is 5.75 Å². The largest absolute Gasteiger partial charge is 0.483 e. The van der Waals surface area contributed by atoms with Gasteiger partial charge in [0.05, 0.1) is 0 Å². The molecule has 2 aromatic carbocycles. The number of halogens is 1. The summed E-state index contributed by atoms with van der Waals surface area (Å²) in [6, 6.07) is 11.5. The van der Waals surface area contributed by atoms with Crippen molar-refractivity contribution in [3.8, 4) is 5.75 Å². The van der Waals surface area contributed by atoms with Crippen LogP contribution in [-0.4, -0.2) is 12.5 Å². The Hall–Kier alpha value is -2.00. The van der Waals surface area contributed by atoms with Crippen molar-refractivity contribution in [1.29, 1.82) is 0 Å². The Balaban J connectivity index is 1.88. The van der Waals surface area contributed by atoms with Gasteiger partial charge in [0.2, 0.25) is 0 Å². The Morgan fingerprint density at radius 2 is 1.77 bits per heavy atom. The van der Waals surface area contributed by atoms with Gasteiger partial charge in [-0.05, 0) is 55.2 Å². The Labute approximate surface area is 136 Å². The molecule has 1 amide bonds. The molecule has 4 heteroatoms. The highest BCUT2D eigenvalue weighted by molar-refractivity contribution is 6.31. The van der Waals surface area contributed by atoms with E-state index in [2.05, 4.69) is 18.3 Å².